The first-order chi connectivity index (χ1) is 13.4. The summed E-state index contributed by atoms with van der Waals surface area (Å²) in [6.07, 6.45) is 2.27. The summed E-state index contributed by atoms with van der Waals surface area (Å²) in [7, 11) is 0. The number of aliphatic hydroxyl groups is 2. The van der Waals surface area contributed by atoms with Crippen molar-refractivity contribution in [2.75, 3.05) is 13.2 Å². The van der Waals surface area contributed by atoms with Crippen LogP contribution in [0.4, 0.5) is 4.39 Å². The molecule has 0 bridgehead atoms. The highest BCUT2D eigenvalue weighted by Crippen LogP contribution is 2.45. The number of esters is 1. The van der Waals surface area contributed by atoms with Gasteiger partial charge in [0.05, 0.1) is 12.7 Å². The lowest BCUT2D eigenvalue weighted by Crippen LogP contribution is -2.42. The zero-order valence-corrected chi connectivity index (χ0v) is 16.7. The van der Waals surface area contributed by atoms with E-state index in [1.165, 1.54) is 12.1 Å². The second kappa shape index (κ2) is 10.1. The summed E-state index contributed by atoms with van der Waals surface area (Å²) in [5, 5.41) is 20.0. The maximum atomic E-state index is 13.7. The minimum atomic E-state index is -1.20. The summed E-state index contributed by atoms with van der Waals surface area (Å²) < 4.78 is 18.7. The minimum Gasteiger partial charge on any atom is -0.465 e. The fraction of sp³-hybridized carbons (Fsp3) is 0.636. The normalized spacial score (nSPS) is 19.0. The molecule has 1 aliphatic carbocycles. The van der Waals surface area contributed by atoms with E-state index in [2.05, 4.69) is 0 Å². The zero-order chi connectivity index (χ0) is 20.7. The molecule has 6 heteroatoms. The van der Waals surface area contributed by atoms with E-state index in [4.69, 9.17) is 4.74 Å². The van der Waals surface area contributed by atoms with Crippen LogP contribution in [0.25, 0.3) is 0 Å². The third kappa shape index (κ3) is 4.78. The highest BCUT2D eigenvalue weighted by Gasteiger charge is 2.51. The van der Waals surface area contributed by atoms with Crippen LogP contribution < -0.4 is 0 Å². The van der Waals surface area contributed by atoms with Crippen LogP contribution in [0.2, 0.25) is 0 Å². The van der Waals surface area contributed by atoms with Gasteiger partial charge in [0, 0.05) is 18.4 Å². The second-order valence-electron chi connectivity index (χ2n) is 7.63. The maximum Gasteiger partial charge on any atom is 0.319 e. The Morgan fingerprint density at radius 3 is 2.29 bits per heavy atom. The standard InChI is InChI=1S/C22H31FO5/c1-3-19(25)16(14-24)13-18(15-7-9-17(23)10-8-15)20(26)22(11-5-6-12-22)21(27)28-4-2/h7-10,16,18-19,24-25H,3-6,11-14H2,1-2H3. The smallest absolute Gasteiger partial charge is 0.319 e. The van der Waals surface area contributed by atoms with Crippen LogP contribution in [0.15, 0.2) is 24.3 Å². The summed E-state index contributed by atoms with van der Waals surface area (Å²) in [5.41, 5.74) is -0.615. The van der Waals surface area contributed by atoms with Crippen molar-refractivity contribution >= 4 is 11.8 Å². The van der Waals surface area contributed by atoms with E-state index in [1.54, 1.807) is 26.0 Å². The minimum absolute atomic E-state index is 0.192. The number of hydrogen-bond acceptors (Lipinski definition) is 5. The van der Waals surface area contributed by atoms with E-state index in [9.17, 15) is 24.2 Å². The average Bonchev–Trinajstić information content (AvgIpc) is 3.20. The molecule has 1 saturated carbocycles. The van der Waals surface area contributed by atoms with Crippen LogP contribution in [0.3, 0.4) is 0 Å². The van der Waals surface area contributed by atoms with Crippen LogP contribution in [0.5, 0.6) is 0 Å². The molecule has 0 amide bonds. The molecule has 2 rings (SSSR count). The van der Waals surface area contributed by atoms with Gasteiger partial charge in [-0.1, -0.05) is 31.9 Å². The van der Waals surface area contributed by atoms with Crippen molar-refractivity contribution in [3.8, 4) is 0 Å². The van der Waals surface area contributed by atoms with Gasteiger partial charge in [-0.15, -0.1) is 0 Å². The summed E-state index contributed by atoms with van der Waals surface area (Å²) in [6, 6.07) is 5.65. The Bertz CT molecular complexity index is 651. The lowest BCUT2D eigenvalue weighted by molar-refractivity contribution is -0.160. The summed E-state index contributed by atoms with van der Waals surface area (Å²) in [5.74, 6) is -2.40. The van der Waals surface area contributed by atoms with Crippen LogP contribution in [0.1, 0.15) is 63.9 Å². The Morgan fingerprint density at radius 1 is 1.18 bits per heavy atom. The molecule has 0 aromatic heterocycles. The molecule has 156 valence electrons. The predicted molar refractivity (Wildman–Crippen MR) is 103 cm³/mol. The van der Waals surface area contributed by atoms with Gasteiger partial charge in [0.25, 0.3) is 0 Å². The van der Waals surface area contributed by atoms with Crippen molar-refractivity contribution in [1.29, 1.82) is 0 Å². The highest BCUT2D eigenvalue weighted by molar-refractivity contribution is 6.07. The fourth-order valence-corrected chi connectivity index (χ4v) is 4.21. The molecule has 3 atom stereocenters. The van der Waals surface area contributed by atoms with Crippen molar-refractivity contribution in [3.63, 3.8) is 0 Å². The van der Waals surface area contributed by atoms with Crippen LogP contribution in [-0.4, -0.2) is 41.3 Å². The van der Waals surface area contributed by atoms with Gasteiger partial charge < -0.3 is 14.9 Å². The Labute approximate surface area is 165 Å². The number of carbonyl (C=O) groups excluding carboxylic acids is 2. The summed E-state index contributed by atoms with van der Waals surface area (Å²) in [6.45, 7) is 3.44. The predicted octanol–water partition coefficient (Wildman–Crippen LogP) is 3.37. The van der Waals surface area contributed by atoms with E-state index in [0.29, 0.717) is 24.8 Å². The van der Waals surface area contributed by atoms with Gasteiger partial charge in [-0.25, -0.2) is 4.39 Å². The third-order valence-electron chi connectivity index (χ3n) is 5.92. The Hall–Kier alpha value is -1.79. The van der Waals surface area contributed by atoms with Crippen LogP contribution in [-0.2, 0) is 14.3 Å². The van der Waals surface area contributed by atoms with Gasteiger partial charge in [-0.3, -0.25) is 9.59 Å². The number of carbonyl (C=O) groups is 2. The van der Waals surface area contributed by atoms with E-state index in [0.717, 1.165) is 12.8 Å². The van der Waals surface area contributed by atoms with E-state index >= 15 is 0 Å². The topological polar surface area (TPSA) is 83.8 Å². The van der Waals surface area contributed by atoms with Crippen molar-refractivity contribution in [1.82, 2.24) is 0 Å². The number of halogens is 1. The van der Waals surface area contributed by atoms with Crippen LogP contribution >= 0.6 is 0 Å². The molecule has 1 aromatic rings. The monoisotopic (exact) mass is 394 g/mol. The Balaban J connectivity index is 2.42. The molecule has 2 N–H and O–H groups in total. The Kier molecular flexibility index (Phi) is 8.13. The molecule has 3 unspecified atom stereocenters. The largest absolute Gasteiger partial charge is 0.465 e. The highest BCUT2D eigenvalue weighted by atomic mass is 19.1. The number of ketones is 1. The van der Waals surface area contributed by atoms with Crippen molar-refractivity contribution in [2.24, 2.45) is 11.3 Å². The molecule has 0 spiro atoms. The quantitative estimate of drug-likeness (QED) is 0.470. The summed E-state index contributed by atoms with van der Waals surface area (Å²) in [4.78, 5) is 26.4. The lowest BCUT2D eigenvalue weighted by Gasteiger charge is -2.32. The fourth-order valence-electron chi connectivity index (χ4n) is 4.21. The number of ether oxygens (including phenoxy) is 1. The van der Waals surface area contributed by atoms with Gasteiger partial charge in [-0.2, -0.15) is 0 Å². The van der Waals surface area contributed by atoms with Crippen molar-refractivity contribution < 1.29 is 28.9 Å². The number of rotatable bonds is 10. The molecule has 1 aromatic carbocycles. The van der Waals surface area contributed by atoms with Gasteiger partial charge in [-0.05, 0) is 50.3 Å². The second-order valence-corrected chi connectivity index (χ2v) is 7.63. The molecule has 0 heterocycles. The Morgan fingerprint density at radius 2 is 1.79 bits per heavy atom. The molecule has 0 saturated heterocycles. The molecule has 0 aliphatic heterocycles. The zero-order valence-electron chi connectivity index (χ0n) is 16.7. The van der Waals surface area contributed by atoms with Gasteiger partial charge >= 0.3 is 5.97 Å². The first-order valence-corrected chi connectivity index (χ1v) is 10.2. The molecule has 0 radical (unpaired) electrons. The first kappa shape index (κ1) is 22.5. The molecule has 5 nitrogen and oxygen atoms in total. The lowest BCUT2D eigenvalue weighted by atomic mass is 9.71. The first-order valence-electron chi connectivity index (χ1n) is 10.2. The van der Waals surface area contributed by atoms with E-state index < -0.39 is 35.1 Å². The molecule has 1 fully saturated rings. The number of aliphatic hydroxyl groups excluding tert-OH is 2. The molecular formula is C22H31FO5. The van der Waals surface area contributed by atoms with Crippen molar-refractivity contribution in [3.05, 3.63) is 35.6 Å². The number of Topliss-reactive ketones (excluding diaryl/α,β-unsaturated/α-hetero) is 1. The average molecular weight is 394 g/mol. The summed E-state index contributed by atoms with van der Waals surface area (Å²) >= 11 is 0. The number of hydrogen-bond donors (Lipinski definition) is 2. The third-order valence-corrected chi connectivity index (χ3v) is 5.92. The van der Waals surface area contributed by atoms with Gasteiger partial charge in [0.2, 0.25) is 0 Å². The SMILES string of the molecule is CCOC(=O)C1(C(=O)C(CC(CO)C(O)CC)c2ccc(F)cc2)CCCC1. The molecular weight excluding hydrogens is 363 g/mol. The van der Waals surface area contributed by atoms with E-state index in [-0.39, 0.29) is 25.4 Å². The van der Waals surface area contributed by atoms with Gasteiger partial charge in [0.1, 0.15) is 11.2 Å². The number of benzene rings is 1. The van der Waals surface area contributed by atoms with Crippen molar-refractivity contribution in [2.45, 2.75) is 64.4 Å². The van der Waals surface area contributed by atoms with Gasteiger partial charge in [0.15, 0.2) is 5.78 Å². The molecule has 28 heavy (non-hydrogen) atoms. The molecule has 1 aliphatic rings. The van der Waals surface area contributed by atoms with E-state index in [1.807, 2.05) is 0 Å². The van der Waals surface area contributed by atoms with Crippen LogP contribution in [0, 0.1) is 17.2 Å². The maximum absolute atomic E-state index is 13.7.